The van der Waals surface area contributed by atoms with E-state index in [-0.39, 0.29) is 0 Å². The molecular formula is C23H22Cl2N4O2. The zero-order valence-corrected chi connectivity index (χ0v) is 19.1. The maximum atomic E-state index is 12.1. The third-order valence-electron chi connectivity index (χ3n) is 4.96. The zero-order valence-electron chi connectivity index (χ0n) is 17.6. The van der Waals surface area contributed by atoms with E-state index in [1.807, 2.05) is 44.4 Å². The molecule has 0 bridgehead atoms. The van der Waals surface area contributed by atoms with Crippen molar-refractivity contribution < 1.29 is 9.59 Å². The molecule has 6 nitrogen and oxygen atoms in total. The minimum absolute atomic E-state index is 0.550. The van der Waals surface area contributed by atoms with Gasteiger partial charge in [0, 0.05) is 27.7 Å². The maximum Gasteiger partial charge on any atom is 0.329 e. The Bertz CT molecular complexity index is 1200. The number of nitrogens with one attached hydrogen (secondary N) is 2. The molecule has 0 aliphatic rings. The normalized spacial score (nSPS) is 11.0. The van der Waals surface area contributed by atoms with Crippen molar-refractivity contribution in [3.63, 3.8) is 0 Å². The van der Waals surface area contributed by atoms with Gasteiger partial charge in [0.1, 0.15) is 0 Å². The smallest absolute Gasteiger partial charge is 0.318 e. The third kappa shape index (κ3) is 5.16. The minimum atomic E-state index is -0.860. The fraction of sp³-hybridized carbons (Fsp3) is 0.174. The quantitative estimate of drug-likeness (QED) is 0.325. The van der Waals surface area contributed by atoms with Crippen molar-refractivity contribution in [1.82, 2.24) is 9.99 Å². The molecule has 2 amide bonds. The van der Waals surface area contributed by atoms with Crippen molar-refractivity contribution in [1.29, 1.82) is 0 Å². The van der Waals surface area contributed by atoms with Crippen LogP contribution in [0.4, 0.5) is 5.69 Å². The van der Waals surface area contributed by atoms with Gasteiger partial charge in [-0.25, -0.2) is 5.43 Å². The van der Waals surface area contributed by atoms with E-state index in [2.05, 4.69) is 15.8 Å². The molecule has 3 aromatic rings. The zero-order chi connectivity index (χ0) is 22.7. The molecule has 1 aromatic heterocycles. The van der Waals surface area contributed by atoms with Crippen LogP contribution < -0.4 is 10.7 Å². The number of aromatic nitrogens is 1. The lowest BCUT2D eigenvalue weighted by atomic mass is 10.1. The van der Waals surface area contributed by atoms with Gasteiger partial charge in [0.15, 0.2) is 0 Å². The fourth-order valence-electron chi connectivity index (χ4n) is 3.16. The standard InChI is InChI=1S/C23H22Cl2N4O2/c1-13-5-7-19(9-14(13)2)27-22(30)23(31)28-26-12-17-10-15(3)29(16(17)4)21-11-18(24)6-8-20(21)25/h5-12H,1-4H3,(H,27,30)(H,28,31)/b26-12-. The Balaban J connectivity index is 1.71. The summed E-state index contributed by atoms with van der Waals surface area (Å²) in [6.07, 6.45) is 1.48. The lowest BCUT2D eigenvalue weighted by Gasteiger charge is -2.12. The predicted molar refractivity (Wildman–Crippen MR) is 126 cm³/mol. The third-order valence-corrected chi connectivity index (χ3v) is 5.51. The second-order valence-corrected chi connectivity index (χ2v) is 8.05. The number of hydrogen-bond acceptors (Lipinski definition) is 3. The molecule has 1 heterocycles. The first-order valence-electron chi connectivity index (χ1n) is 9.53. The monoisotopic (exact) mass is 456 g/mol. The van der Waals surface area contributed by atoms with E-state index in [4.69, 9.17) is 23.2 Å². The van der Waals surface area contributed by atoms with Crippen LogP contribution in [0, 0.1) is 27.7 Å². The summed E-state index contributed by atoms with van der Waals surface area (Å²) < 4.78 is 1.95. The van der Waals surface area contributed by atoms with Crippen molar-refractivity contribution in [2.75, 3.05) is 5.32 Å². The Hall–Kier alpha value is -3.09. The molecular weight excluding hydrogens is 435 g/mol. The van der Waals surface area contributed by atoms with Gasteiger partial charge in [-0.15, -0.1) is 0 Å². The van der Waals surface area contributed by atoms with Crippen molar-refractivity contribution in [2.45, 2.75) is 27.7 Å². The summed E-state index contributed by atoms with van der Waals surface area (Å²) in [5.41, 5.74) is 8.22. The molecule has 0 spiro atoms. The number of aryl methyl sites for hydroxylation is 3. The lowest BCUT2D eigenvalue weighted by molar-refractivity contribution is -0.136. The van der Waals surface area contributed by atoms with Crippen molar-refractivity contribution in [2.24, 2.45) is 5.10 Å². The number of amides is 2. The molecule has 0 unspecified atom stereocenters. The average molecular weight is 457 g/mol. The molecule has 0 atom stereocenters. The Morgan fingerprint density at radius 3 is 2.39 bits per heavy atom. The SMILES string of the molecule is Cc1ccc(NC(=O)C(=O)N/N=C\c2cc(C)n(-c3cc(Cl)ccc3Cl)c2C)cc1C. The van der Waals surface area contributed by atoms with E-state index in [9.17, 15) is 9.59 Å². The molecule has 2 N–H and O–H groups in total. The number of halogens is 2. The Kier molecular flexibility index (Phi) is 6.83. The van der Waals surface area contributed by atoms with Crippen molar-refractivity contribution >= 4 is 46.9 Å². The first-order valence-corrected chi connectivity index (χ1v) is 10.3. The van der Waals surface area contributed by atoms with E-state index in [1.165, 1.54) is 6.21 Å². The van der Waals surface area contributed by atoms with Gasteiger partial charge in [-0.05, 0) is 75.2 Å². The summed E-state index contributed by atoms with van der Waals surface area (Å²) in [7, 11) is 0. The molecule has 0 radical (unpaired) electrons. The maximum absolute atomic E-state index is 12.1. The number of hydrogen-bond donors (Lipinski definition) is 2. The van der Waals surface area contributed by atoms with Gasteiger partial charge in [0.25, 0.3) is 0 Å². The summed E-state index contributed by atoms with van der Waals surface area (Å²) in [5, 5.41) is 7.62. The van der Waals surface area contributed by atoms with E-state index in [0.717, 1.165) is 33.8 Å². The number of benzene rings is 2. The number of anilines is 1. The van der Waals surface area contributed by atoms with Crippen molar-refractivity contribution in [3.05, 3.63) is 80.6 Å². The molecule has 31 heavy (non-hydrogen) atoms. The summed E-state index contributed by atoms with van der Waals surface area (Å²) in [5.74, 6) is -1.65. The van der Waals surface area contributed by atoms with Crippen LogP contribution in [0.15, 0.2) is 47.6 Å². The van der Waals surface area contributed by atoms with E-state index >= 15 is 0 Å². The number of hydrazone groups is 1. The van der Waals surface area contributed by atoms with Gasteiger partial charge >= 0.3 is 11.8 Å². The highest BCUT2D eigenvalue weighted by molar-refractivity contribution is 6.39. The number of carbonyl (C=O) groups is 2. The highest BCUT2D eigenvalue weighted by Crippen LogP contribution is 2.28. The van der Waals surface area contributed by atoms with Crippen LogP contribution in [-0.2, 0) is 9.59 Å². The lowest BCUT2D eigenvalue weighted by Crippen LogP contribution is -2.32. The molecule has 0 saturated carbocycles. The summed E-state index contributed by atoms with van der Waals surface area (Å²) >= 11 is 12.5. The van der Waals surface area contributed by atoms with Gasteiger partial charge in [-0.1, -0.05) is 29.3 Å². The van der Waals surface area contributed by atoms with Crippen LogP contribution in [0.5, 0.6) is 0 Å². The van der Waals surface area contributed by atoms with Crippen LogP contribution in [0.25, 0.3) is 5.69 Å². The molecule has 0 saturated heterocycles. The fourth-order valence-corrected chi connectivity index (χ4v) is 3.53. The van der Waals surface area contributed by atoms with Crippen LogP contribution in [-0.4, -0.2) is 22.6 Å². The summed E-state index contributed by atoms with van der Waals surface area (Å²) in [4.78, 5) is 24.2. The van der Waals surface area contributed by atoms with Gasteiger partial charge in [0.2, 0.25) is 0 Å². The Morgan fingerprint density at radius 1 is 0.935 bits per heavy atom. The van der Waals surface area contributed by atoms with Crippen LogP contribution in [0.1, 0.15) is 28.1 Å². The Labute approximate surface area is 190 Å². The number of rotatable bonds is 4. The predicted octanol–water partition coefficient (Wildman–Crippen LogP) is 5.11. The highest BCUT2D eigenvalue weighted by atomic mass is 35.5. The van der Waals surface area contributed by atoms with Crippen LogP contribution in [0.3, 0.4) is 0 Å². The van der Waals surface area contributed by atoms with E-state index in [1.54, 1.807) is 30.3 Å². The van der Waals surface area contributed by atoms with Gasteiger partial charge < -0.3 is 9.88 Å². The summed E-state index contributed by atoms with van der Waals surface area (Å²) in [6, 6.07) is 12.6. The highest BCUT2D eigenvalue weighted by Gasteiger charge is 2.15. The first-order chi connectivity index (χ1) is 14.7. The molecule has 0 aliphatic carbocycles. The first kappa shape index (κ1) is 22.6. The van der Waals surface area contributed by atoms with Crippen molar-refractivity contribution in [3.8, 4) is 5.69 Å². The second-order valence-electron chi connectivity index (χ2n) is 7.21. The Morgan fingerprint density at radius 2 is 1.68 bits per heavy atom. The molecule has 2 aromatic carbocycles. The molecule has 3 rings (SSSR count). The number of carbonyl (C=O) groups excluding carboxylic acids is 2. The molecule has 160 valence electrons. The van der Waals surface area contributed by atoms with Gasteiger partial charge in [-0.3, -0.25) is 9.59 Å². The van der Waals surface area contributed by atoms with Crippen LogP contribution >= 0.6 is 23.2 Å². The number of nitrogens with zero attached hydrogens (tertiary/aromatic N) is 2. The van der Waals surface area contributed by atoms with Gasteiger partial charge in [0.05, 0.1) is 16.9 Å². The molecule has 0 fully saturated rings. The minimum Gasteiger partial charge on any atom is -0.318 e. The molecule has 0 aliphatic heterocycles. The second kappa shape index (κ2) is 9.37. The van der Waals surface area contributed by atoms with E-state index < -0.39 is 11.8 Å². The van der Waals surface area contributed by atoms with E-state index in [0.29, 0.717) is 15.7 Å². The van der Waals surface area contributed by atoms with Crippen LogP contribution in [0.2, 0.25) is 10.0 Å². The summed E-state index contributed by atoms with van der Waals surface area (Å²) in [6.45, 7) is 7.74. The average Bonchev–Trinajstić information content (AvgIpc) is 2.99. The van der Waals surface area contributed by atoms with Gasteiger partial charge in [-0.2, -0.15) is 5.10 Å². The largest absolute Gasteiger partial charge is 0.329 e. The molecule has 8 heteroatoms. The topological polar surface area (TPSA) is 75.5 Å².